The van der Waals surface area contributed by atoms with Crippen molar-refractivity contribution in [1.29, 1.82) is 0 Å². The van der Waals surface area contributed by atoms with Gasteiger partial charge < -0.3 is 19.3 Å². The van der Waals surface area contributed by atoms with Gasteiger partial charge in [-0.3, -0.25) is 14.4 Å². The van der Waals surface area contributed by atoms with Crippen molar-refractivity contribution in [3.05, 3.63) is 59.7 Å². The first kappa shape index (κ1) is 22.3. The average Bonchev–Trinajstić information content (AvgIpc) is 2.83. The number of Topliss-reactive ketones (excluding diaryl/α,β-unsaturated/α-hetero) is 1. The summed E-state index contributed by atoms with van der Waals surface area (Å²) in [5.41, 5.74) is 1.20. The molecule has 31 heavy (non-hydrogen) atoms. The smallest absolute Gasteiger partial charge is 0.254 e. The highest BCUT2D eigenvalue weighted by Gasteiger charge is 2.25. The van der Waals surface area contributed by atoms with E-state index in [0.717, 1.165) is 0 Å². The maximum Gasteiger partial charge on any atom is 0.254 e. The minimum absolute atomic E-state index is 0.0177. The van der Waals surface area contributed by atoms with E-state index in [1.165, 1.54) is 0 Å². The molecule has 3 rings (SSSR count). The second-order valence-corrected chi connectivity index (χ2v) is 7.41. The molecule has 1 aliphatic rings. The summed E-state index contributed by atoms with van der Waals surface area (Å²) in [6.45, 7) is 1.99. The zero-order chi connectivity index (χ0) is 22.2. The van der Waals surface area contributed by atoms with Crippen LogP contribution in [0.5, 0.6) is 11.5 Å². The number of benzene rings is 2. The Labute approximate surface area is 182 Å². The fraction of sp³-hybridized carbons (Fsp3) is 0.375. The number of rotatable bonds is 8. The maximum absolute atomic E-state index is 12.7. The lowest BCUT2D eigenvalue weighted by atomic mass is 10.0. The van der Waals surface area contributed by atoms with Crippen LogP contribution in [-0.4, -0.2) is 67.8 Å². The van der Waals surface area contributed by atoms with Gasteiger partial charge in [0.2, 0.25) is 5.91 Å². The predicted octanol–water partition coefficient (Wildman–Crippen LogP) is 3.04. The summed E-state index contributed by atoms with van der Waals surface area (Å²) in [6, 6.07) is 14.1. The first-order valence-corrected chi connectivity index (χ1v) is 10.4. The molecule has 7 heteroatoms. The fourth-order valence-corrected chi connectivity index (χ4v) is 3.58. The lowest BCUT2D eigenvalue weighted by Gasteiger charge is -2.35. The van der Waals surface area contributed by atoms with Gasteiger partial charge >= 0.3 is 0 Å². The molecule has 1 fully saturated rings. The Hall–Kier alpha value is -3.35. The van der Waals surface area contributed by atoms with Crippen LogP contribution in [0.25, 0.3) is 0 Å². The maximum atomic E-state index is 12.7. The lowest BCUT2D eigenvalue weighted by Crippen LogP contribution is -2.50. The molecule has 0 radical (unpaired) electrons. The Morgan fingerprint density at radius 2 is 1.42 bits per heavy atom. The van der Waals surface area contributed by atoms with Gasteiger partial charge in [-0.05, 0) is 48.9 Å². The molecule has 0 N–H and O–H groups in total. The molecule has 0 bridgehead atoms. The summed E-state index contributed by atoms with van der Waals surface area (Å²) < 4.78 is 10.3. The number of ether oxygens (including phenoxy) is 2. The van der Waals surface area contributed by atoms with Crippen molar-refractivity contribution < 1.29 is 23.9 Å². The number of methoxy groups -OCH3 is 2. The Bertz CT molecular complexity index is 918. The van der Waals surface area contributed by atoms with Crippen LogP contribution in [0.15, 0.2) is 48.5 Å². The van der Waals surface area contributed by atoms with Crippen LogP contribution in [0.1, 0.15) is 40.0 Å². The number of nitrogens with zero attached hydrogens (tertiary/aromatic N) is 2. The highest BCUT2D eigenvalue weighted by atomic mass is 16.5. The van der Waals surface area contributed by atoms with Crippen molar-refractivity contribution in [1.82, 2.24) is 9.80 Å². The van der Waals surface area contributed by atoms with Crippen LogP contribution in [0.3, 0.4) is 0 Å². The van der Waals surface area contributed by atoms with Crippen molar-refractivity contribution >= 4 is 17.6 Å². The molecule has 0 aliphatic carbocycles. The second-order valence-electron chi connectivity index (χ2n) is 7.41. The van der Waals surface area contributed by atoms with Crippen molar-refractivity contribution in [2.45, 2.75) is 19.3 Å². The summed E-state index contributed by atoms with van der Waals surface area (Å²) in [7, 11) is 3.15. The predicted molar refractivity (Wildman–Crippen MR) is 117 cm³/mol. The zero-order valence-electron chi connectivity index (χ0n) is 18.0. The molecular formula is C24H28N2O5. The molecule has 1 heterocycles. The van der Waals surface area contributed by atoms with Crippen molar-refractivity contribution in [2.24, 2.45) is 0 Å². The molecule has 2 amide bonds. The van der Waals surface area contributed by atoms with E-state index in [1.807, 2.05) is 0 Å². The second kappa shape index (κ2) is 10.6. The third-order valence-electron chi connectivity index (χ3n) is 5.44. The third-order valence-corrected chi connectivity index (χ3v) is 5.44. The van der Waals surface area contributed by atoms with Crippen molar-refractivity contribution in [3.8, 4) is 11.5 Å². The summed E-state index contributed by atoms with van der Waals surface area (Å²) >= 11 is 0. The largest absolute Gasteiger partial charge is 0.497 e. The highest BCUT2D eigenvalue weighted by Crippen LogP contribution is 2.17. The van der Waals surface area contributed by atoms with Gasteiger partial charge in [0, 0.05) is 50.1 Å². The van der Waals surface area contributed by atoms with E-state index in [2.05, 4.69) is 0 Å². The van der Waals surface area contributed by atoms with Gasteiger partial charge in [-0.25, -0.2) is 0 Å². The molecule has 1 aliphatic heterocycles. The highest BCUT2D eigenvalue weighted by molar-refractivity contribution is 5.96. The topological polar surface area (TPSA) is 76.2 Å². The number of amides is 2. The van der Waals surface area contributed by atoms with Crippen molar-refractivity contribution in [2.75, 3.05) is 40.4 Å². The van der Waals surface area contributed by atoms with E-state index in [0.29, 0.717) is 68.1 Å². The minimum Gasteiger partial charge on any atom is -0.497 e. The average molecular weight is 424 g/mol. The van der Waals surface area contributed by atoms with Gasteiger partial charge in [0.05, 0.1) is 14.2 Å². The number of ketones is 1. The number of piperazine rings is 1. The molecule has 0 atom stereocenters. The molecule has 164 valence electrons. The van der Waals surface area contributed by atoms with Gasteiger partial charge in [0.25, 0.3) is 5.91 Å². The SMILES string of the molecule is COc1ccc(C(=O)CCCC(=O)N2CCN(C(=O)c3cccc(OC)c3)CC2)cc1. The van der Waals surface area contributed by atoms with E-state index in [4.69, 9.17) is 9.47 Å². The molecule has 1 saturated heterocycles. The van der Waals surface area contributed by atoms with E-state index in [9.17, 15) is 14.4 Å². The van der Waals surface area contributed by atoms with Crippen LogP contribution in [-0.2, 0) is 4.79 Å². The van der Waals surface area contributed by atoms with Crippen LogP contribution >= 0.6 is 0 Å². The molecule has 0 aromatic heterocycles. The van der Waals surface area contributed by atoms with E-state index in [1.54, 1.807) is 72.6 Å². The number of hydrogen-bond donors (Lipinski definition) is 0. The number of carbonyl (C=O) groups excluding carboxylic acids is 3. The Kier molecular flexibility index (Phi) is 7.65. The van der Waals surface area contributed by atoms with Gasteiger partial charge in [-0.1, -0.05) is 6.07 Å². The van der Waals surface area contributed by atoms with Crippen LogP contribution in [0.2, 0.25) is 0 Å². The summed E-state index contributed by atoms with van der Waals surface area (Å²) in [4.78, 5) is 41.0. The first-order chi connectivity index (χ1) is 15.0. The Morgan fingerprint density at radius 1 is 0.774 bits per heavy atom. The van der Waals surface area contributed by atoms with Crippen LogP contribution in [0, 0.1) is 0 Å². The Balaban J connectivity index is 1.42. The standard InChI is InChI=1S/C24H28N2O5/c1-30-20-11-9-18(10-12-20)22(27)7-4-8-23(28)25-13-15-26(16-14-25)24(29)19-5-3-6-21(17-19)31-2/h3,5-6,9-12,17H,4,7-8,13-16H2,1-2H3. The van der Waals surface area contributed by atoms with Crippen molar-refractivity contribution in [3.63, 3.8) is 0 Å². The number of carbonyl (C=O) groups is 3. The third kappa shape index (κ3) is 5.84. The summed E-state index contributed by atoms with van der Waals surface area (Å²) in [6.07, 6.45) is 1.16. The lowest BCUT2D eigenvalue weighted by molar-refractivity contribution is -0.132. The quantitative estimate of drug-likeness (QED) is 0.609. The Morgan fingerprint density at radius 3 is 2.06 bits per heavy atom. The molecule has 2 aromatic rings. The normalized spacial score (nSPS) is 13.6. The van der Waals surface area contributed by atoms with Gasteiger partial charge in [-0.2, -0.15) is 0 Å². The summed E-state index contributed by atoms with van der Waals surface area (Å²) in [5.74, 6) is 1.33. The molecule has 2 aromatic carbocycles. The molecular weight excluding hydrogens is 396 g/mol. The van der Waals surface area contributed by atoms with Gasteiger partial charge in [-0.15, -0.1) is 0 Å². The number of hydrogen-bond acceptors (Lipinski definition) is 5. The van der Waals surface area contributed by atoms with E-state index < -0.39 is 0 Å². The molecule has 7 nitrogen and oxygen atoms in total. The molecule has 0 unspecified atom stereocenters. The molecule has 0 saturated carbocycles. The van der Waals surface area contributed by atoms with Crippen LogP contribution < -0.4 is 9.47 Å². The van der Waals surface area contributed by atoms with Gasteiger partial charge in [0.1, 0.15) is 11.5 Å². The monoisotopic (exact) mass is 424 g/mol. The fourth-order valence-electron chi connectivity index (χ4n) is 3.58. The zero-order valence-corrected chi connectivity index (χ0v) is 18.0. The summed E-state index contributed by atoms with van der Waals surface area (Å²) in [5, 5.41) is 0. The van der Waals surface area contributed by atoms with Gasteiger partial charge in [0.15, 0.2) is 5.78 Å². The first-order valence-electron chi connectivity index (χ1n) is 10.4. The molecule has 0 spiro atoms. The van der Waals surface area contributed by atoms with E-state index >= 15 is 0 Å². The van der Waals surface area contributed by atoms with E-state index in [-0.39, 0.29) is 17.6 Å². The minimum atomic E-state index is -0.0592. The van der Waals surface area contributed by atoms with Crippen LogP contribution in [0.4, 0.5) is 0 Å².